The number of benzene rings is 4. The van der Waals surface area contributed by atoms with Crippen molar-refractivity contribution in [1.82, 2.24) is 19.1 Å². The third-order valence-electron chi connectivity index (χ3n) is 8.33. The Kier molecular flexibility index (Phi) is 6.32. The van der Waals surface area contributed by atoms with E-state index in [-0.39, 0.29) is 5.56 Å². The maximum atomic E-state index is 12.8. The molecule has 0 bridgehead atoms. The Hall–Kier alpha value is -6.02. The zero-order valence-corrected chi connectivity index (χ0v) is 24.1. The quantitative estimate of drug-likeness (QED) is 0.183. The molecule has 46 heavy (non-hydrogen) atoms. The van der Waals surface area contributed by atoms with Gasteiger partial charge in [0.1, 0.15) is 5.65 Å². The van der Waals surface area contributed by atoms with E-state index in [1.54, 1.807) is 6.20 Å². The molecule has 8 heteroatoms. The van der Waals surface area contributed by atoms with Crippen LogP contribution in [0.2, 0.25) is 0 Å². The molecule has 8 aromatic rings. The van der Waals surface area contributed by atoms with E-state index in [1.165, 1.54) is 24.3 Å². The molecule has 0 unspecified atom stereocenters. The molecule has 0 saturated heterocycles. The lowest BCUT2D eigenvalue weighted by Crippen LogP contribution is -2.22. The summed E-state index contributed by atoms with van der Waals surface area (Å²) in [7, 11) is 0. The molecule has 0 saturated carbocycles. The van der Waals surface area contributed by atoms with E-state index in [4.69, 9.17) is 4.98 Å². The Bertz CT molecular complexity index is 2410. The highest BCUT2D eigenvalue weighted by atomic mass is 19.4. The highest BCUT2D eigenvalue weighted by Gasteiger charge is 2.39. The molecule has 0 N–H and O–H groups in total. The van der Waals surface area contributed by atoms with Gasteiger partial charge in [0.2, 0.25) is 0 Å². The van der Waals surface area contributed by atoms with Crippen molar-refractivity contribution in [1.29, 1.82) is 0 Å². The van der Waals surface area contributed by atoms with Crippen molar-refractivity contribution >= 4 is 38.6 Å². The summed E-state index contributed by atoms with van der Waals surface area (Å²) in [5.41, 5.74) is 7.98. The number of pyridine rings is 2. The van der Waals surface area contributed by atoms with Crippen molar-refractivity contribution in [3.05, 3.63) is 146 Å². The molecule has 4 heterocycles. The molecule has 0 atom stereocenters. The average Bonchev–Trinajstić information content (AvgIpc) is 3.64. The van der Waals surface area contributed by atoms with Crippen molar-refractivity contribution in [2.75, 3.05) is 0 Å². The van der Waals surface area contributed by atoms with Crippen LogP contribution in [0.15, 0.2) is 140 Å². The lowest BCUT2D eigenvalue weighted by Gasteiger charge is -2.09. The molecule has 0 spiro atoms. The van der Waals surface area contributed by atoms with Gasteiger partial charge in [-0.05, 0) is 53.6 Å². The first-order valence-corrected chi connectivity index (χ1v) is 14.6. The molecule has 4 aromatic carbocycles. The van der Waals surface area contributed by atoms with Gasteiger partial charge in [0.05, 0.1) is 11.0 Å². The molecule has 0 amide bonds. The maximum Gasteiger partial charge on any atom is 0.454 e. The number of Topliss-reactive ketones (excluding diaryl/α,β-unsaturated/α-hetero) is 1. The maximum absolute atomic E-state index is 12.8. The second kappa shape index (κ2) is 10.6. The van der Waals surface area contributed by atoms with E-state index < -0.39 is 12.0 Å². The summed E-state index contributed by atoms with van der Waals surface area (Å²) in [5.74, 6) is -1.85. The first kappa shape index (κ1) is 27.5. The number of ketones is 1. The van der Waals surface area contributed by atoms with Gasteiger partial charge < -0.3 is 4.57 Å². The van der Waals surface area contributed by atoms with Crippen LogP contribution < -0.4 is 0 Å². The van der Waals surface area contributed by atoms with Gasteiger partial charge in [-0.15, -0.1) is 0 Å². The molecule has 5 nitrogen and oxygen atoms in total. The van der Waals surface area contributed by atoms with Crippen LogP contribution in [0.1, 0.15) is 10.4 Å². The van der Waals surface area contributed by atoms with Crippen molar-refractivity contribution < 1.29 is 18.0 Å². The van der Waals surface area contributed by atoms with Gasteiger partial charge in [-0.25, -0.2) is 4.98 Å². The number of hydrogen-bond donors (Lipinski definition) is 0. The molecule has 8 rings (SSSR count). The van der Waals surface area contributed by atoms with Crippen LogP contribution in [0, 0.1) is 0 Å². The van der Waals surface area contributed by atoms with Crippen LogP contribution in [0.25, 0.3) is 66.5 Å². The van der Waals surface area contributed by atoms with Crippen LogP contribution in [-0.4, -0.2) is 31.1 Å². The molecule has 4 aromatic heterocycles. The number of fused-ring (bicyclic) bond motifs is 4. The first-order chi connectivity index (χ1) is 22.4. The SMILES string of the molecule is O=C(c1ccc(-c2ccc(-n3cc(-c4cnc5c(c4)c4ccccc4n5-c4ccccc4)c4cnccc43)cc2)cc1)C(F)(F)F. The van der Waals surface area contributed by atoms with Gasteiger partial charge in [-0.1, -0.05) is 72.8 Å². The standard InChI is InChI=1S/C38H23F3N4O/c39-38(40,41)36(46)26-12-10-24(11-13-26)25-14-16-28(17-15-25)44-23-33(32-22-42-19-18-34(32)44)27-20-31-30-8-4-5-9-35(30)45(37(31)43-21-27)29-6-2-1-3-7-29/h1-23H. The number of rotatable bonds is 5. The van der Waals surface area contributed by atoms with Gasteiger partial charge in [0.25, 0.3) is 5.78 Å². The number of carbonyl (C=O) groups excluding carboxylic acids is 1. The molecule has 0 aliphatic heterocycles. The Morgan fingerprint density at radius 2 is 1.33 bits per heavy atom. The second-order valence-electron chi connectivity index (χ2n) is 11.0. The summed E-state index contributed by atoms with van der Waals surface area (Å²) in [4.78, 5) is 21.0. The number of aromatic nitrogens is 4. The summed E-state index contributed by atoms with van der Waals surface area (Å²) in [6, 6.07) is 35.9. The van der Waals surface area contributed by atoms with E-state index in [1.807, 2.05) is 73.1 Å². The molecular formula is C38H23F3N4O. The normalized spacial score (nSPS) is 11.9. The van der Waals surface area contributed by atoms with E-state index in [9.17, 15) is 18.0 Å². The van der Waals surface area contributed by atoms with Crippen molar-refractivity contribution in [3.63, 3.8) is 0 Å². The average molecular weight is 609 g/mol. The van der Waals surface area contributed by atoms with Crippen LogP contribution in [0.3, 0.4) is 0 Å². The topological polar surface area (TPSA) is 52.7 Å². The molecule has 0 aliphatic rings. The summed E-state index contributed by atoms with van der Waals surface area (Å²) < 4.78 is 42.7. The zero-order valence-electron chi connectivity index (χ0n) is 24.1. The first-order valence-electron chi connectivity index (χ1n) is 14.6. The lowest BCUT2D eigenvalue weighted by molar-refractivity contribution is -0.0885. The van der Waals surface area contributed by atoms with Crippen LogP contribution in [0.4, 0.5) is 13.2 Å². The highest BCUT2D eigenvalue weighted by Crippen LogP contribution is 2.37. The predicted molar refractivity (Wildman–Crippen MR) is 174 cm³/mol. The summed E-state index contributed by atoms with van der Waals surface area (Å²) in [6.45, 7) is 0. The molecule has 222 valence electrons. The number of halogens is 3. The van der Waals surface area contributed by atoms with Gasteiger partial charge >= 0.3 is 6.18 Å². The smallest absolute Gasteiger partial charge is 0.316 e. The van der Waals surface area contributed by atoms with Gasteiger partial charge in [0.15, 0.2) is 0 Å². The Labute approximate surface area is 260 Å². The fourth-order valence-corrected chi connectivity index (χ4v) is 6.14. The van der Waals surface area contributed by atoms with Gasteiger partial charge in [-0.2, -0.15) is 13.2 Å². The van der Waals surface area contributed by atoms with Crippen molar-refractivity contribution in [3.8, 4) is 33.6 Å². The largest absolute Gasteiger partial charge is 0.454 e. The fourth-order valence-electron chi connectivity index (χ4n) is 6.14. The molecule has 0 fully saturated rings. The van der Waals surface area contributed by atoms with E-state index in [2.05, 4.69) is 50.6 Å². The minimum absolute atomic E-state index is 0.384. The summed E-state index contributed by atoms with van der Waals surface area (Å²) >= 11 is 0. The van der Waals surface area contributed by atoms with Gasteiger partial charge in [0, 0.05) is 69.0 Å². The van der Waals surface area contributed by atoms with Crippen molar-refractivity contribution in [2.24, 2.45) is 0 Å². The van der Waals surface area contributed by atoms with E-state index in [0.29, 0.717) is 5.56 Å². The predicted octanol–water partition coefficient (Wildman–Crippen LogP) is 9.60. The molecule has 0 aliphatic carbocycles. The third-order valence-corrected chi connectivity index (χ3v) is 8.33. The lowest BCUT2D eigenvalue weighted by atomic mass is 10.0. The van der Waals surface area contributed by atoms with Gasteiger partial charge in [-0.3, -0.25) is 14.3 Å². The van der Waals surface area contributed by atoms with Crippen LogP contribution >= 0.6 is 0 Å². The number of para-hydroxylation sites is 2. The fraction of sp³-hybridized carbons (Fsp3) is 0.0263. The number of carbonyl (C=O) groups is 1. The Morgan fingerprint density at radius 3 is 2.07 bits per heavy atom. The number of alkyl halides is 3. The Balaban J connectivity index is 1.19. The summed E-state index contributed by atoms with van der Waals surface area (Å²) in [5, 5.41) is 3.14. The second-order valence-corrected chi connectivity index (χ2v) is 11.0. The van der Waals surface area contributed by atoms with Crippen LogP contribution in [-0.2, 0) is 0 Å². The van der Waals surface area contributed by atoms with Crippen molar-refractivity contribution in [2.45, 2.75) is 6.18 Å². The highest BCUT2D eigenvalue weighted by molar-refractivity contribution is 6.10. The third kappa shape index (κ3) is 4.54. The Morgan fingerprint density at radius 1 is 0.630 bits per heavy atom. The summed E-state index contributed by atoms with van der Waals surface area (Å²) in [6.07, 6.45) is 2.70. The van der Waals surface area contributed by atoms with Crippen LogP contribution in [0.5, 0.6) is 0 Å². The number of hydrogen-bond acceptors (Lipinski definition) is 3. The zero-order chi connectivity index (χ0) is 31.4. The monoisotopic (exact) mass is 608 g/mol. The minimum atomic E-state index is -4.90. The van der Waals surface area contributed by atoms with E-state index in [0.717, 1.165) is 60.9 Å². The molecular weight excluding hydrogens is 585 g/mol. The minimum Gasteiger partial charge on any atom is -0.316 e. The van der Waals surface area contributed by atoms with E-state index >= 15 is 0 Å². The number of nitrogens with zero attached hydrogens (tertiary/aromatic N) is 4. The molecule has 0 radical (unpaired) electrons.